The molecule has 0 saturated carbocycles. The third-order valence-electron chi connectivity index (χ3n) is 3.07. The summed E-state index contributed by atoms with van der Waals surface area (Å²) in [4.78, 5) is 0. The smallest absolute Gasteiger partial charge is 0.124 e. The van der Waals surface area contributed by atoms with Crippen molar-refractivity contribution in [1.29, 1.82) is 0 Å². The van der Waals surface area contributed by atoms with Crippen molar-refractivity contribution in [3.05, 3.63) is 29.3 Å². The highest BCUT2D eigenvalue weighted by Gasteiger charge is 2.27. The third-order valence-corrected chi connectivity index (χ3v) is 3.07. The summed E-state index contributed by atoms with van der Waals surface area (Å²) in [5.41, 5.74) is 8.57. The van der Waals surface area contributed by atoms with E-state index in [-0.39, 0.29) is 12.1 Å². The van der Waals surface area contributed by atoms with Gasteiger partial charge in [-0.25, -0.2) is 0 Å². The zero-order valence-electron chi connectivity index (χ0n) is 9.66. The topological polar surface area (TPSA) is 35.2 Å². The van der Waals surface area contributed by atoms with Crippen LogP contribution in [-0.2, 0) is 0 Å². The van der Waals surface area contributed by atoms with Crippen LogP contribution in [0.15, 0.2) is 18.2 Å². The average Bonchev–Trinajstić information content (AvgIpc) is 2.18. The molecule has 0 bridgehead atoms. The van der Waals surface area contributed by atoms with Gasteiger partial charge in [-0.2, -0.15) is 0 Å². The number of hydrogen-bond donors (Lipinski definition) is 1. The van der Waals surface area contributed by atoms with Crippen LogP contribution in [0.4, 0.5) is 0 Å². The van der Waals surface area contributed by atoms with Gasteiger partial charge in [0.25, 0.3) is 0 Å². The Hall–Kier alpha value is -1.02. The van der Waals surface area contributed by atoms with Gasteiger partial charge in [0, 0.05) is 18.0 Å². The zero-order chi connectivity index (χ0) is 11.0. The predicted molar refractivity (Wildman–Crippen MR) is 62.0 cm³/mol. The van der Waals surface area contributed by atoms with Crippen LogP contribution in [0, 0.1) is 12.8 Å². The summed E-state index contributed by atoms with van der Waals surface area (Å²) < 4.78 is 5.94. The molecule has 0 spiro atoms. The number of aryl methyl sites for hydroxylation is 1. The minimum atomic E-state index is 0.126. The zero-order valence-corrected chi connectivity index (χ0v) is 9.66. The average molecular weight is 205 g/mol. The number of rotatable bonds is 1. The van der Waals surface area contributed by atoms with Crippen molar-refractivity contribution in [1.82, 2.24) is 0 Å². The van der Waals surface area contributed by atoms with Crippen molar-refractivity contribution in [2.24, 2.45) is 11.7 Å². The van der Waals surface area contributed by atoms with Crippen LogP contribution in [0.1, 0.15) is 37.4 Å². The Bertz CT molecular complexity index is 360. The minimum absolute atomic E-state index is 0.126. The Balaban J connectivity index is 2.32. The van der Waals surface area contributed by atoms with Crippen LogP contribution in [0.3, 0.4) is 0 Å². The molecule has 2 rings (SSSR count). The van der Waals surface area contributed by atoms with Crippen molar-refractivity contribution in [3.63, 3.8) is 0 Å². The van der Waals surface area contributed by atoms with E-state index in [1.807, 2.05) is 6.07 Å². The van der Waals surface area contributed by atoms with E-state index in [0.29, 0.717) is 5.92 Å². The molecule has 2 nitrogen and oxygen atoms in total. The van der Waals surface area contributed by atoms with Gasteiger partial charge < -0.3 is 10.5 Å². The second-order valence-corrected chi connectivity index (χ2v) is 4.78. The van der Waals surface area contributed by atoms with Gasteiger partial charge in [0.1, 0.15) is 11.9 Å². The first-order chi connectivity index (χ1) is 7.08. The van der Waals surface area contributed by atoms with Crippen molar-refractivity contribution in [2.75, 3.05) is 0 Å². The summed E-state index contributed by atoms with van der Waals surface area (Å²) in [5, 5.41) is 0. The lowest BCUT2D eigenvalue weighted by Crippen LogP contribution is -2.33. The SMILES string of the molecule is Cc1ccc2c(c1)[C@H](N)CC(C(C)C)O2. The first-order valence-electron chi connectivity index (χ1n) is 5.60. The van der Waals surface area contributed by atoms with E-state index in [9.17, 15) is 0 Å². The van der Waals surface area contributed by atoms with Crippen LogP contribution in [0.5, 0.6) is 5.75 Å². The summed E-state index contributed by atoms with van der Waals surface area (Å²) in [6.45, 7) is 6.44. The molecule has 1 aromatic carbocycles. The highest BCUT2D eigenvalue weighted by atomic mass is 16.5. The van der Waals surface area contributed by atoms with E-state index < -0.39 is 0 Å². The number of nitrogens with two attached hydrogens (primary N) is 1. The van der Waals surface area contributed by atoms with Crippen LogP contribution in [0.2, 0.25) is 0 Å². The molecule has 0 saturated heterocycles. The van der Waals surface area contributed by atoms with Gasteiger partial charge in [0.2, 0.25) is 0 Å². The van der Waals surface area contributed by atoms with E-state index in [1.54, 1.807) is 0 Å². The standard InChI is InChI=1S/C13H19NO/c1-8(2)13-7-11(14)10-6-9(3)4-5-12(10)15-13/h4-6,8,11,13H,7,14H2,1-3H3/t11-,13?/m1/s1. The molecular weight excluding hydrogens is 186 g/mol. The quantitative estimate of drug-likeness (QED) is 0.765. The molecule has 1 aromatic rings. The lowest BCUT2D eigenvalue weighted by Gasteiger charge is -2.32. The lowest BCUT2D eigenvalue weighted by atomic mass is 9.91. The van der Waals surface area contributed by atoms with Crippen molar-refractivity contribution in [2.45, 2.75) is 39.3 Å². The van der Waals surface area contributed by atoms with Gasteiger partial charge in [-0.3, -0.25) is 0 Å². The number of hydrogen-bond acceptors (Lipinski definition) is 2. The monoisotopic (exact) mass is 205 g/mol. The Labute approximate surface area is 91.4 Å². The summed E-state index contributed by atoms with van der Waals surface area (Å²) in [5.74, 6) is 1.49. The molecule has 2 atom stereocenters. The molecule has 1 aliphatic heterocycles. The van der Waals surface area contributed by atoms with Gasteiger partial charge in [-0.1, -0.05) is 31.5 Å². The molecule has 2 N–H and O–H groups in total. The van der Waals surface area contributed by atoms with E-state index in [1.165, 1.54) is 5.56 Å². The lowest BCUT2D eigenvalue weighted by molar-refractivity contribution is 0.115. The number of fused-ring (bicyclic) bond motifs is 1. The van der Waals surface area contributed by atoms with E-state index in [2.05, 4.69) is 32.9 Å². The van der Waals surface area contributed by atoms with Crippen LogP contribution in [-0.4, -0.2) is 6.10 Å². The first kappa shape index (κ1) is 10.5. The van der Waals surface area contributed by atoms with Crippen molar-refractivity contribution >= 4 is 0 Å². The van der Waals surface area contributed by atoms with Gasteiger partial charge >= 0.3 is 0 Å². The van der Waals surface area contributed by atoms with E-state index in [0.717, 1.165) is 17.7 Å². The maximum atomic E-state index is 6.16. The highest BCUT2D eigenvalue weighted by molar-refractivity contribution is 5.40. The van der Waals surface area contributed by atoms with E-state index >= 15 is 0 Å². The normalized spacial score (nSPS) is 24.9. The van der Waals surface area contributed by atoms with Gasteiger partial charge in [0.05, 0.1) is 0 Å². The summed E-state index contributed by atoms with van der Waals surface area (Å²) in [7, 11) is 0. The highest BCUT2D eigenvalue weighted by Crippen LogP contribution is 2.35. The molecule has 1 aliphatic rings. The Morgan fingerprint density at radius 1 is 1.40 bits per heavy atom. The molecule has 0 amide bonds. The molecule has 82 valence electrons. The molecule has 0 fully saturated rings. The second kappa shape index (κ2) is 3.86. The molecule has 15 heavy (non-hydrogen) atoms. The molecule has 0 aliphatic carbocycles. The molecule has 1 unspecified atom stereocenters. The summed E-state index contributed by atoms with van der Waals surface area (Å²) in [6.07, 6.45) is 1.18. The first-order valence-corrected chi connectivity index (χ1v) is 5.60. The van der Waals surface area contributed by atoms with Crippen LogP contribution in [0.25, 0.3) is 0 Å². The van der Waals surface area contributed by atoms with Crippen LogP contribution >= 0.6 is 0 Å². The molecule has 0 aromatic heterocycles. The molecule has 0 radical (unpaired) electrons. The predicted octanol–water partition coefficient (Wildman–Crippen LogP) is 2.80. The Kier molecular flexibility index (Phi) is 2.70. The Morgan fingerprint density at radius 2 is 2.13 bits per heavy atom. The fourth-order valence-corrected chi connectivity index (χ4v) is 2.06. The van der Waals surface area contributed by atoms with Crippen molar-refractivity contribution in [3.8, 4) is 5.75 Å². The van der Waals surface area contributed by atoms with Gasteiger partial charge in [0.15, 0.2) is 0 Å². The molecule has 2 heteroatoms. The van der Waals surface area contributed by atoms with Crippen molar-refractivity contribution < 1.29 is 4.74 Å². The maximum Gasteiger partial charge on any atom is 0.124 e. The third kappa shape index (κ3) is 2.00. The second-order valence-electron chi connectivity index (χ2n) is 4.78. The fraction of sp³-hybridized carbons (Fsp3) is 0.538. The maximum absolute atomic E-state index is 6.16. The Morgan fingerprint density at radius 3 is 2.80 bits per heavy atom. The largest absolute Gasteiger partial charge is 0.490 e. The van der Waals surface area contributed by atoms with Gasteiger partial charge in [-0.15, -0.1) is 0 Å². The minimum Gasteiger partial charge on any atom is -0.490 e. The fourth-order valence-electron chi connectivity index (χ4n) is 2.06. The summed E-state index contributed by atoms with van der Waals surface area (Å²) in [6, 6.07) is 6.38. The summed E-state index contributed by atoms with van der Waals surface area (Å²) >= 11 is 0. The van der Waals surface area contributed by atoms with Crippen LogP contribution < -0.4 is 10.5 Å². The molecular formula is C13H19NO. The van der Waals surface area contributed by atoms with Gasteiger partial charge in [-0.05, 0) is 18.9 Å². The van der Waals surface area contributed by atoms with E-state index in [4.69, 9.17) is 10.5 Å². The number of benzene rings is 1. The molecule has 1 heterocycles. The number of ether oxygens (including phenoxy) is 1.